The van der Waals surface area contributed by atoms with Crippen LogP contribution >= 0.6 is 11.6 Å². The lowest BCUT2D eigenvalue weighted by atomic mass is 10.0. The summed E-state index contributed by atoms with van der Waals surface area (Å²) in [5.41, 5.74) is 2.71. The molecule has 4 aromatic rings. The second kappa shape index (κ2) is 9.66. The Hall–Kier alpha value is -3.45. The first-order valence-corrected chi connectivity index (χ1v) is 11.8. The predicted molar refractivity (Wildman–Crippen MR) is 131 cm³/mol. The highest BCUT2D eigenvalue weighted by Gasteiger charge is 2.32. The van der Waals surface area contributed by atoms with E-state index in [1.165, 1.54) is 6.07 Å². The number of alkyl halides is 3. The van der Waals surface area contributed by atoms with Gasteiger partial charge < -0.3 is 10.1 Å². The van der Waals surface area contributed by atoms with Crippen molar-refractivity contribution in [3.63, 3.8) is 0 Å². The van der Waals surface area contributed by atoms with E-state index in [0.29, 0.717) is 24.5 Å². The standard InChI is InChI=1S/C27H23ClF3N3O/c28-24-14-9-19(27(29,30)31)16-23(24)25-22-8-4-5-15-32-26(22)34(33-25)20-10-12-21(13-11-20)35-17-18-6-2-1-3-7-18/h1-3,6-7,9-14,16,32H,4-5,8,15,17H2. The Morgan fingerprint density at radius 3 is 2.49 bits per heavy atom. The monoisotopic (exact) mass is 497 g/mol. The minimum atomic E-state index is -4.47. The van der Waals surface area contributed by atoms with Crippen LogP contribution in [0.15, 0.2) is 72.8 Å². The van der Waals surface area contributed by atoms with Gasteiger partial charge in [0.1, 0.15) is 18.2 Å². The van der Waals surface area contributed by atoms with Crippen LogP contribution in [-0.4, -0.2) is 16.3 Å². The number of rotatable bonds is 5. The molecule has 1 N–H and O–H groups in total. The molecule has 0 amide bonds. The number of hydrogen-bond donors (Lipinski definition) is 1. The van der Waals surface area contributed by atoms with Gasteiger partial charge in [0.15, 0.2) is 0 Å². The molecular formula is C27H23ClF3N3O. The molecular weight excluding hydrogens is 475 g/mol. The minimum absolute atomic E-state index is 0.236. The van der Waals surface area contributed by atoms with Gasteiger partial charge in [0.2, 0.25) is 0 Å². The van der Waals surface area contributed by atoms with E-state index in [-0.39, 0.29) is 10.6 Å². The molecule has 8 heteroatoms. The zero-order chi connectivity index (χ0) is 24.4. The molecule has 35 heavy (non-hydrogen) atoms. The van der Waals surface area contributed by atoms with Crippen molar-refractivity contribution < 1.29 is 17.9 Å². The van der Waals surface area contributed by atoms with Gasteiger partial charge in [-0.2, -0.15) is 18.3 Å². The van der Waals surface area contributed by atoms with Crippen LogP contribution in [0.25, 0.3) is 16.9 Å². The smallest absolute Gasteiger partial charge is 0.416 e. The SMILES string of the molecule is FC(F)(F)c1ccc(Cl)c(-c2nn(-c3ccc(OCc4ccccc4)cc3)c3c2CCCCN3)c1. The van der Waals surface area contributed by atoms with E-state index in [0.717, 1.165) is 54.2 Å². The minimum Gasteiger partial charge on any atom is -0.489 e. The van der Waals surface area contributed by atoms with Gasteiger partial charge >= 0.3 is 6.18 Å². The summed E-state index contributed by atoms with van der Waals surface area (Å²) in [6.07, 6.45) is -1.91. The van der Waals surface area contributed by atoms with Crippen molar-refractivity contribution in [3.8, 4) is 22.7 Å². The number of fused-ring (bicyclic) bond motifs is 1. The number of nitrogens with one attached hydrogen (secondary N) is 1. The van der Waals surface area contributed by atoms with Gasteiger partial charge in [0.05, 0.1) is 22.0 Å². The lowest BCUT2D eigenvalue weighted by molar-refractivity contribution is -0.137. The molecule has 0 saturated heterocycles. The Morgan fingerprint density at radius 2 is 1.74 bits per heavy atom. The number of hydrogen-bond acceptors (Lipinski definition) is 3. The molecule has 1 aromatic heterocycles. The number of aromatic nitrogens is 2. The maximum Gasteiger partial charge on any atom is 0.416 e. The quantitative estimate of drug-likeness (QED) is 0.309. The van der Waals surface area contributed by atoms with Crippen molar-refractivity contribution in [1.29, 1.82) is 0 Å². The van der Waals surface area contributed by atoms with Gasteiger partial charge in [-0.05, 0) is 67.3 Å². The Morgan fingerprint density at radius 1 is 0.971 bits per heavy atom. The molecule has 0 aliphatic carbocycles. The molecule has 4 nitrogen and oxygen atoms in total. The summed E-state index contributed by atoms with van der Waals surface area (Å²) in [6, 6.07) is 20.7. The van der Waals surface area contributed by atoms with Crippen LogP contribution in [0.1, 0.15) is 29.5 Å². The molecule has 2 heterocycles. The van der Waals surface area contributed by atoms with E-state index in [1.807, 2.05) is 54.6 Å². The van der Waals surface area contributed by atoms with Crippen LogP contribution in [0.4, 0.5) is 19.0 Å². The first-order chi connectivity index (χ1) is 16.9. The first kappa shape index (κ1) is 23.3. The molecule has 0 fully saturated rings. The Bertz CT molecular complexity index is 1320. The molecule has 0 saturated carbocycles. The van der Waals surface area contributed by atoms with Crippen LogP contribution in [0.5, 0.6) is 5.75 Å². The average molecular weight is 498 g/mol. The second-order valence-electron chi connectivity index (χ2n) is 8.43. The third-order valence-electron chi connectivity index (χ3n) is 6.01. The van der Waals surface area contributed by atoms with E-state index < -0.39 is 11.7 Å². The van der Waals surface area contributed by atoms with Gasteiger partial charge in [-0.25, -0.2) is 4.68 Å². The Labute approximate surface area is 206 Å². The molecule has 0 spiro atoms. The lowest BCUT2D eigenvalue weighted by Gasteiger charge is -2.11. The summed E-state index contributed by atoms with van der Waals surface area (Å²) in [5, 5.41) is 8.39. The maximum absolute atomic E-state index is 13.4. The Balaban J connectivity index is 1.50. The molecule has 3 aromatic carbocycles. The fourth-order valence-corrected chi connectivity index (χ4v) is 4.42. The summed E-state index contributed by atoms with van der Waals surface area (Å²) >= 11 is 6.37. The van der Waals surface area contributed by atoms with Crippen molar-refractivity contribution in [1.82, 2.24) is 9.78 Å². The third kappa shape index (κ3) is 5.00. The number of benzene rings is 3. The molecule has 1 aliphatic heterocycles. The Kier molecular flexibility index (Phi) is 6.43. The largest absolute Gasteiger partial charge is 0.489 e. The van der Waals surface area contributed by atoms with E-state index in [2.05, 4.69) is 5.32 Å². The van der Waals surface area contributed by atoms with Crippen molar-refractivity contribution in [3.05, 3.63) is 94.5 Å². The molecule has 180 valence electrons. The lowest BCUT2D eigenvalue weighted by Crippen LogP contribution is -2.07. The molecule has 0 bridgehead atoms. The van der Waals surface area contributed by atoms with Gasteiger partial charge in [-0.1, -0.05) is 41.9 Å². The normalized spacial score (nSPS) is 13.6. The highest BCUT2D eigenvalue weighted by atomic mass is 35.5. The summed E-state index contributed by atoms with van der Waals surface area (Å²) in [7, 11) is 0. The van der Waals surface area contributed by atoms with Crippen LogP contribution in [0, 0.1) is 0 Å². The second-order valence-corrected chi connectivity index (χ2v) is 8.84. The highest BCUT2D eigenvalue weighted by Crippen LogP contribution is 2.40. The number of anilines is 1. The van der Waals surface area contributed by atoms with Gasteiger partial charge in [-0.3, -0.25) is 0 Å². The first-order valence-electron chi connectivity index (χ1n) is 11.4. The van der Waals surface area contributed by atoms with Crippen molar-refractivity contribution in [2.45, 2.75) is 32.0 Å². The number of halogens is 4. The summed E-state index contributed by atoms with van der Waals surface area (Å²) in [6.45, 7) is 1.21. The highest BCUT2D eigenvalue weighted by molar-refractivity contribution is 6.33. The fourth-order valence-electron chi connectivity index (χ4n) is 4.21. The molecule has 1 aliphatic rings. The van der Waals surface area contributed by atoms with E-state index in [1.54, 1.807) is 4.68 Å². The maximum atomic E-state index is 13.4. The average Bonchev–Trinajstić information content (AvgIpc) is 3.03. The molecule has 0 unspecified atom stereocenters. The van der Waals surface area contributed by atoms with Crippen LogP contribution in [0.2, 0.25) is 5.02 Å². The summed E-state index contributed by atoms with van der Waals surface area (Å²) in [4.78, 5) is 0. The van der Waals surface area contributed by atoms with Crippen molar-refractivity contribution in [2.75, 3.05) is 11.9 Å². The zero-order valence-corrected chi connectivity index (χ0v) is 19.5. The number of ether oxygens (including phenoxy) is 1. The van der Waals surface area contributed by atoms with Gasteiger partial charge in [0.25, 0.3) is 0 Å². The van der Waals surface area contributed by atoms with Gasteiger partial charge in [-0.15, -0.1) is 0 Å². The number of nitrogens with zero attached hydrogens (tertiary/aromatic N) is 2. The molecule has 0 radical (unpaired) electrons. The zero-order valence-electron chi connectivity index (χ0n) is 18.8. The molecule has 0 atom stereocenters. The van der Waals surface area contributed by atoms with Crippen LogP contribution in [0.3, 0.4) is 0 Å². The summed E-state index contributed by atoms with van der Waals surface area (Å²) in [5.74, 6) is 1.49. The molecule has 5 rings (SSSR count). The van der Waals surface area contributed by atoms with Crippen LogP contribution in [-0.2, 0) is 19.2 Å². The van der Waals surface area contributed by atoms with Crippen LogP contribution < -0.4 is 10.1 Å². The van der Waals surface area contributed by atoms with Crippen molar-refractivity contribution in [2.24, 2.45) is 0 Å². The topological polar surface area (TPSA) is 39.1 Å². The van der Waals surface area contributed by atoms with E-state index in [9.17, 15) is 13.2 Å². The summed E-state index contributed by atoms with van der Waals surface area (Å²) < 4.78 is 47.8. The van der Waals surface area contributed by atoms with E-state index >= 15 is 0 Å². The fraction of sp³-hybridized carbons (Fsp3) is 0.222. The van der Waals surface area contributed by atoms with E-state index in [4.69, 9.17) is 21.4 Å². The predicted octanol–water partition coefficient (Wildman–Crippen LogP) is 7.54. The van der Waals surface area contributed by atoms with Crippen molar-refractivity contribution >= 4 is 17.4 Å². The third-order valence-corrected chi connectivity index (χ3v) is 6.34. The van der Waals surface area contributed by atoms with Gasteiger partial charge in [0, 0.05) is 17.7 Å².